The van der Waals surface area contributed by atoms with Crippen molar-refractivity contribution in [2.75, 3.05) is 26.0 Å². The van der Waals surface area contributed by atoms with E-state index in [1.165, 1.54) is 12.8 Å². The fourth-order valence-corrected chi connectivity index (χ4v) is 6.12. The van der Waals surface area contributed by atoms with E-state index in [0.717, 1.165) is 17.7 Å². The largest absolute Gasteiger partial charge is 0.383 e. The molecule has 1 amide bonds. The Morgan fingerprint density at radius 3 is 2.58 bits per heavy atom. The number of carbonyl (C=O) groups excluding carboxylic acids is 1. The summed E-state index contributed by atoms with van der Waals surface area (Å²) in [5.41, 5.74) is 0. The Balaban J connectivity index is 1.89. The summed E-state index contributed by atoms with van der Waals surface area (Å²) in [6.45, 7) is 1.11. The van der Waals surface area contributed by atoms with Crippen molar-refractivity contribution < 1.29 is 9.53 Å². The predicted molar refractivity (Wildman–Crippen MR) is 106 cm³/mol. The number of ether oxygens (including phenoxy) is 1. The summed E-state index contributed by atoms with van der Waals surface area (Å²) in [5.74, 6) is 0.559. The molecule has 0 spiro atoms. The third-order valence-electron chi connectivity index (χ3n) is 3.89. The highest BCUT2D eigenvalue weighted by atomic mass is 35.5. The average Bonchev–Trinajstić information content (AvgIpc) is 2.57. The summed E-state index contributed by atoms with van der Waals surface area (Å²) < 4.78 is 4.94. The number of nitrogens with one attached hydrogen (secondary N) is 1. The molecule has 1 aromatic carbocycles. The maximum atomic E-state index is 11.9. The molecule has 1 aliphatic carbocycles. The average molecular weight is 408 g/mol. The van der Waals surface area contributed by atoms with Crippen LogP contribution in [0.2, 0.25) is 10.0 Å². The van der Waals surface area contributed by atoms with Gasteiger partial charge >= 0.3 is 0 Å². The highest BCUT2D eigenvalue weighted by Crippen LogP contribution is 2.43. The van der Waals surface area contributed by atoms with Crippen LogP contribution in [-0.2, 0) is 9.53 Å². The Morgan fingerprint density at radius 1 is 1.25 bits per heavy atom. The van der Waals surface area contributed by atoms with Crippen molar-refractivity contribution in [3.05, 3.63) is 28.2 Å². The van der Waals surface area contributed by atoms with Crippen molar-refractivity contribution in [2.45, 2.75) is 41.1 Å². The van der Waals surface area contributed by atoms with Crippen LogP contribution in [0.3, 0.4) is 0 Å². The highest BCUT2D eigenvalue weighted by Gasteiger charge is 2.28. The molecule has 3 nitrogen and oxygen atoms in total. The molecule has 7 heteroatoms. The van der Waals surface area contributed by atoms with Gasteiger partial charge in [0.1, 0.15) is 0 Å². The number of thioether (sulfide) groups is 2. The first kappa shape index (κ1) is 20.2. The molecule has 2 rings (SSSR count). The zero-order valence-electron chi connectivity index (χ0n) is 13.7. The van der Waals surface area contributed by atoms with Gasteiger partial charge < -0.3 is 10.1 Å². The first-order valence-electron chi connectivity index (χ1n) is 8.09. The quantitative estimate of drug-likeness (QED) is 0.622. The molecule has 1 saturated carbocycles. The van der Waals surface area contributed by atoms with Crippen LogP contribution in [0.25, 0.3) is 0 Å². The van der Waals surface area contributed by atoms with Gasteiger partial charge in [0.05, 0.1) is 22.4 Å². The van der Waals surface area contributed by atoms with E-state index in [9.17, 15) is 4.79 Å². The molecule has 0 heterocycles. The molecule has 0 unspecified atom stereocenters. The van der Waals surface area contributed by atoms with Crippen LogP contribution in [0, 0.1) is 0 Å². The van der Waals surface area contributed by atoms with Crippen LogP contribution in [0.15, 0.2) is 23.1 Å². The Hall–Kier alpha value is -0.0700. The fourth-order valence-electron chi connectivity index (χ4n) is 2.66. The third kappa shape index (κ3) is 6.34. The molecular weight excluding hydrogens is 385 g/mol. The molecule has 1 aromatic rings. The third-order valence-corrected chi connectivity index (χ3v) is 7.88. The van der Waals surface area contributed by atoms with E-state index < -0.39 is 0 Å². The van der Waals surface area contributed by atoms with Crippen molar-refractivity contribution >= 4 is 52.6 Å². The fraction of sp³-hybridized carbons (Fsp3) is 0.588. The van der Waals surface area contributed by atoms with Gasteiger partial charge in [0.15, 0.2) is 0 Å². The standard InChI is InChI=1S/C17H23Cl2NO2S2/c1-22-10-9-20-16(21)11-23-14-7-2-3-8-15(14)24-17-12(18)5-4-6-13(17)19/h4-6,14-15H,2-3,7-11H2,1H3,(H,20,21)/t14-,15-/m1/s1. The number of methoxy groups -OCH3 is 1. The molecule has 134 valence electrons. The number of hydrogen-bond acceptors (Lipinski definition) is 4. The van der Waals surface area contributed by atoms with E-state index in [-0.39, 0.29) is 5.91 Å². The summed E-state index contributed by atoms with van der Waals surface area (Å²) in [5, 5.41) is 5.17. The zero-order valence-corrected chi connectivity index (χ0v) is 16.9. The molecule has 1 fully saturated rings. The second-order valence-corrected chi connectivity index (χ2v) is 8.98. The Kier molecular flexibility index (Phi) is 9.12. The Morgan fingerprint density at radius 2 is 1.92 bits per heavy atom. The van der Waals surface area contributed by atoms with Crippen molar-refractivity contribution in [3.63, 3.8) is 0 Å². The van der Waals surface area contributed by atoms with Crippen LogP contribution >= 0.6 is 46.7 Å². The molecule has 0 bridgehead atoms. The van der Waals surface area contributed by atoms with Crippen molar-refractivity contribution in [3.8, 4) is 0 Å². The second kappa shape index (κ2) is 10.8. The van der Waals surface area contributed by atoms with Gasteiger partial charge in [-0.05, 0) is 25.0 Å². The predicted octanol–water partition coefficient (Wildman–Crippen LogP) is 4.89. The Labute approximate surface area is 162 Å². The molecular formula is C17H23Cl2NO2S2. The van der Waals surface area contributed by atoms with Gasteiger partial charge in [-0.15, -0.1) is 23.5 Å². The summed E-state index contributed by atoms with van der Waals surface area (Å²) in [7, 11) is 1.63. The van der Waals surface area contributed by atoms with Crippen LogP contribution in [0.4, 0.5) is 0 Å². The van der Waals surface area contributed by atoms with E-state index in [1.54, 1.807) is 30.6 Å². The van der Waals surface area contributed by atoms with Gasteiger partial charge in [0.2, 0.25) is 5.91 Å². The molecule has 0 aromatic heterocycles. The summed E-state index contributed by atoms with van der Waals surface area (Å²) in [6, 6.07) is 5.63. The number of hydrogen-bond donors (Lipinski definition) is 1. The van der Waals surface area contributed by atoms with Gasteiger partial charge in [-0.1, -0.05) is 42.1 Å². The van der Waals surface area contributed by atoms with E-state index >= 15 is 0 Å². The van der Waals surface area contributed by atoms with Gasteiger partial charge in [-0.2, -0.15) is 0 Å². The van der Waals surface area contributed by atoms with Gasteiger partial charge in [0.25, 0.3) is 0 Å². The normalized spacial score (nSPS) is 20.8. The lowest BCUT2D eigenvalue weighted by atomic mass is 10.00. The Bertz CT molecular complexity index is 525. The van der Waals surface area contributed by atoms with Crippen molar-refractivity contribution in [1.29, 1.82) is 0 Å². The van der Waals surface area contributed by atoms with Gasteiger partial charge in [-0.25, -0.2) is 0 Å². The van der Waals surface area contributed by atoms with Crippen LogP contribution in [0.1, 0.15) is 25.7 Å². The summed E-state index contributed by atoms with van der Waals surface area (Å²) in [6.07, 6.45) is 4.71. The molecule has 1 aliphatic rings. The molecule has 24 heavy (non-hydrogen) atoms. The maximum absolute atomic E-state index is 11.9. The van der Waals surface area contributed by atoms with E-state index in [4.69, 9.17) is 27.9 Å². The zero-order chi connectivity index (χ0) is 17.4. The molecule has 1 N–H and O–H groups in total. The number of halogens is 2. The lowest BCUT2D eigenvalue weighted by Crippen LogP contribution is -2.31. The highest BCUT2D eigenvalue weighted by molar-refractivity contribution is 8.04. The topological polar surface area (TPSA) is 38.3 Å². The summed E-state index contributed by atoms with van der Waals surface area (Å²) >= 11 is 16.1. The van der Waals surface area contributed by atoms with E-state index in [2.05, 4.69) is 5.32 Å². The van der Waals surface area contributed by atoms with Gasteiger partial charge in [-0.3, -0.25) is 4.79 Å². The minimum Gasteiger partial charge on any atom is -0.383 e. The first-order valence-corrected chi connectivity index (χ1v) is 10.8. The lowest BCUT2D eigenvalue weighted by Gasteiger charge is -2.31. The number of benzene rings is 1. The molecule has 2 atom stereocenters. The maximum Gasteiger partial charge on any atom is 0.230 e. The number of carbonyl (C=O) groups is 1. The van der Waals surface area contributed by atoms with Crippen LogP contribution in [-0.4, -0.2) is 42.4 Å². The SMILES string of the molecule is COCCNC(=O)CS[C@@H]1CCCC[C@H]1Sc1c(Cl)cccc1Cl. The van der Waals surface area contributed by atoms with Crippen LogP contribution in [0.5, 0.6) is 0 Å². The van der Waals surface area contributed by atoms with Crippen molar-refractivity contribution in [1.82, 2.24) is 5.32 Å². The number of rotatable bonds is 8. The molecule has 0 radical (unpaired) electrons. The van der Waals surface area contributed by atoms with Crippen molar-refractivity contribution in [2.24, 2.45) is 0 Å². The second-order valence-electron chi connectivity index (χ2n) is 5.68. The monoisotopic (exact) mass is 407 g/mol. The lowest BCUT2D eigenvalue weighted by molar-refractivity contribution is -0.118. The molecule has 0 saturated heterocycles. The first-order chi connectivity index (χ1) is 11.6. The van der Waals surface area contributed by atoms with Crippen LogP contribution < -0.4 is 5.32 Å². The smallest absolute Gasteiger partial charge is 0.230 e. The summed E-state index contributed by atoms with van der Waals surface area (Å²) in [4.78, 5) is 12.9. The van der Waals surface area contributed by atoms with E-state index in [1.807, 2.05) is 18.2 Å². The molecule has 0 aliphatic heterocycles. The van der Waals surface area contributed by atoms with Gasteiger partial charge in [0, 0.05) is 29.0 Å². The van der Waals surface area contributed by atoms with E-state index in [0.29, 0.717) is 39.4 Å². The number of amides is 1. The minimum atomic E-state index is 0.0714. The minimum absolute atomic E-state index is 0.0714.